The van der Waals surface area contributed by atoms with E-state index in [4.69, 9.17) is 0 Å². The van der Waals surface area contributed by atoms with E-state index in [-0.39, 0.29) is 29.9 Å². The smallest absolute Gasteiger partial charge is 0.269 e. The Morgan fingerprint density at radius 2 is 1.42 bits per heavy atom. The number of nitrogens with one attached hydrogen (secondary N) is 2. The van der Waals surface area contributed by atoms with Crippen LogP contribution in [0.25, 0.3) is 10.9 Å². The Morgan fingerprint density at radius 1 is 0.789 bits per heavy atom. The number of fused-ring (bicyclic) bond motifs is 1. The molecule has 1 heterocycles. The molecule has 0 aliphatic heterocycles. The molecule has 1 unspecified atom stereocenters. The van der Waals surface area contributed by atoms with Gasteiger partial charge in [-0.05, 0) is 34.7 Å². The molecule has 4 aromatic carbocycles. The third-order valence-electron chi connectivity index (χ3n) is 7.03. The largest absolute Gasteiger partial charge is 0.361 e. The number of aromatic amines is 1. The van der Waals surface area contributed by atoms with E-state index in [1.165, 1.54) is 17.2 Å². The third-order valence-corrected chi connectivity index (χ3v) is 7.03. The highest BCUT2D eigenvalue weighted by Crippen LogP contribution is 2.35. The summed E-state index contributed by atoms with van der Waals surface area (Å²) in [6.07, 6.45) is 2.85. The summed E-state index contributed by atoms with van der Waals surface area (Å²) < 4.78 is 0. The van der Waals surface area contributed by atoms with Crippen molar-refractivity contribution in [3.05, 3.63) is 148 Å². The molecule has 0 saturated carbocycles. The minimum absolute atomic E-state index is 0.0151. The molecular weight excluding hydrogens is 474 g/mol. The van der Waals surface area contributed by atoms with Crippen molar-refractivity contribution in [3.8, 4) is 0 Å². The van der Waals surface area contributed by atoms with E-state index >= 15 is 0 Å². The molecule has 1 atom stereocenters. The van der Waals surface area contributed by atoms with Gasteiger partial charge in [0.15, 0.2) is 0 Å². The molecule has 0 aliphatic carbocycles. The summed E-state index contributed by atoms with van der Waals surface area (Å²) in [6.45, 7) is 0.517. The zero-order chi connectivity index (χ0) is 26.3. The first kappa shape index (κ1) is 25.0. The molecule has 1 aromatic heterocycles. The van der Waals surface area contributed by atoms with Gasteiger partial charge in [0, 0.05) is 54.0 Å². The molecule has 0 spiro atoms. The lowest BCUT2D eigenvalue weighted by Crippen LogP contribution is -2.27. The molecule has 5 rings (SSSR count). The zero-order valence-corrected chi connectivity index (χ0v) is 20.9. The number of rotatable bonds is 10. The number of benzene rings is 4. The fourth-order valence-electron chi connectivity index (χ4n) is 5.15. The van der Waals surface area contributed by atoms with E-state index in [0.29, 0.717) is 6.54 Å². The first-order valence-corrected chi connectivity index (χ1v) is 12.8. The van der Waals surface area contributed by atoms with Gasteiger partial charge in [-0.3, -0.25) is 14.9 Å². The van der Waals surface area contributed by atoms with Crippen LogP contribution < -0.4 is 5.32 Å². The maximum atomic E-state index is 13.3. The van der Waals surface area contributed by atoms with Crippen molar-refractivity contribution in [3.63, 3.8) is 0 Å². The summed E-state index contributed by atoms with van der Waals surface area (Å²) in [7, 11) is 0. The first-order valence-electron chi connectivity index (χ1n) is 12.8. The van der Waals surface area contributed by atoms with Gasteiger partial charge >= 0.3 is 0 Å². The average Bonchev–Trinajstić information content (AvgIpc) is 3.39. The molecule has 0 saturated heterocycles. The number of amides is 1. The minimum Gasteiger partial charge on any atom is -0.361 e. The molecule has 0 aliphatic rings. The van der Waals surface area contributed by atoms with Crippen molar-refractivity contribution in [1.82, 2.24) is 10.3 Å². The van der Waals surface area contributed by atoms with Crippen LogP contribution in [0.4, 0.5) is 5.69 Å². The number of para-hydroxylation sites is 1. The van der Waals surface area contributed by atoms with Crippen molar-refractivity contribution in [2.24, 2.45) is 0 Å². The number of carbonyl (C=O) groups excluding carboxylic acids is 1. The Morgan fingerprint density at radius 3 is 2.11 bits per heavy atom. The number of hydrogen-bond acceptors (Lipinski definition) is 3. The van der Waals surface area contributed by atoms with Gasteiger partial charge in [0.25, 0.3) is 5.69 Å². The van der Waals surface area contributed by atoms with Gasteiger partial charge in [-0.2, -0.15) is 0 Å². The number of non-ortho nitro benzene ring substituents is 1. The first-order chi connectivity index (χ1) is 18.6. The van der Waals surface area contributed by atoms with Crippen LogP contribution >= 0.6 is 0 Å². The SMILES string of the molecule is O=C(CC(c1cccc([N+](=O)[O-])c1)c1c[nH]c2ccccc12)NCCC(c1ccccc1)c1ccccc1. The predicted molar refractivity (Wildman–Crippen MR) is 150 cm³/mol. The van der Waals surface area contributed by atoms with E-state index in [1.807, 2.05) is 72.9 Å². The third kappa shape index (κ3) is 5.65. The van der Waals surface area contributed by atoms with E-state index in [0.717, 1.165) is 28.5 Å². The molecule has 6 heteroatoms. The molecule has 5 aromatic rings. The normalized spacial score (nSPS) is 11.9. The highest BCUT2D eigenvalue weighted by Gasteiger charge is 2.23. The standard InChI is InChI=1S/C32H29N3O3/c36-32(33-19-18-27(23-10-3-1-4-11-23)24-12-5-2-6-13-24)21-29(25-14-9-15-26(20-25)35(37)38)30-22-34-31-17-8-7-16-28(30)31/h1-17,20,22,27,29,34H,18-19,21H2,(H,33,36). The van der Waals surface area contributed by atoms with Crippen LogP contribution in [0.5, 0.6) is 0 Å². The number of aromatic nitrogens is 1. The zero-order valence-electron chi connectivity index (χ0n) is 20.9. The second-order valence-electron chi connectivity index (χ2n) is 9.41. The van der Waals surface area contributed by atoms with Crippen LogP contribution in [-0.2, 0) is 4.79 Å². The molecular formula is C32H29N3O3. The summed E-state index contributed by atoms with van der Waals surface area (Å²) in [5, 5.41) is 15.6. The van der Waals surface area contributed by atoms with Crippen molar-refractivity contribution in [2.75, 3.05) is 6.54 Å². The van der Waals surface area contributed by atoms with Crippen molar-refractivity contribution in [1.29, 1.82) is 0 Å². The highest BCUT2D eigenvalue weighted by molar-refractivity contribution is 5.86. The molecule has 38 heavy (non-hydrogen) atoms. The Labute approximate surface area is 221 Å². The van der Waals surface area contributed by atoms with Gasteiger partial charge in [-0.15, -0.1) is 0 Å². The molecule has 6 nitrogen and oxygen atoms in total. The van der Waals surface area contributed by atoms with Gasteiger partial charge < -0.3 is 10.3 Å². The van der Waals surface area contributed by atoms with Crippen molar-refractivity contribution >= 4 is 22.5 Å². The van der Waals surface area contributed by atoms with Crippen LogP contribution in [0, 0.1) is 10.1 Å². The predicted octanol–water partition coefficient (Wildman–Crippen LogP) is 6.94. The molecule has 190 valence electrons. The van der Waals surface area contributed by atoms with Crippen LogP contribution in [0.3, 0.4) is 0 Å². The molecule has 0 bridgehead atoms. The van der Waals surface area contributed by atoms with Gasteiger partial charge in [0.2, 0.25) is 5.91 Å². The topological polar surface area (TPSA) is 88.0 Å². The Balaban J connectivity index is 1.35. The fraction of sp³-hybridized carbons (Fsp3) is 0.156. The molecule has 0 fully saturated rings. The maximum absolute atomic E-state index is 13.3. The van der Waals surface area contributed by atoms with Crippen LogP contribution in [0.1, 0.15) is 46.9 Å². The van der Waals surface area contributed by atoms with Crippen molar-refractivity contribution < 1.29 is 9.72 Å². The second kappa shape index (κ2) is 11.6. The van der Waals surface area contributed by atoms with E-state index in [1.54, 1.807) is 12.1 Å². The van der Waals surface area contributed by atoms with E-state index in [9.17, 15) is 14.9 Å². The number of nitro groups is 1. The van der Waals surface area contributed by atoms with Gasteiger partial charge in [0.1, 0.15) is 0 Å². The highest BCUT2D eigenvalue weighted by atomic mass is 16.6. The van der Waals surface area contributed by atoms with Gasteiger partial charge in [-0.25, -0.2) is 0 Å². The lowest BCUT2D eigenvalue weighted by Gasteiger charge is -2.20. The second-order valence-corrected chi connectivity index (χ2v) is 9.41. The number of carbonyl (C=O) groups is 1. The number of H-pyrrole nitrogens is 1. The minimum atomic E-state index is -0.400. The fourth-order valence-corrected chi connectivity index (χ4v) is 5.15. The van der Waals surface area contributed by atoms with Crippen LogP contribution in [-0.4, -0.2) is 22.4 Å². The lowest BCUT2D eigenvalue weighted by molar-refractivity contribution is -0.384. The molecule has 2 N–H and O–H groups in total. The Bertz CT molecular complexity index is 1490. The van der Waals surface area contributed by atoms with Crippen LogP contribution in [0.15, 0.2) is 115 Å². The van der Waals surface area contributed by atoms with Gasteiger partial charge in [0.05, 0.1) is 4.92 Å². The van der Waals surface area contributed by atoms with Gasteiger partial charge in [-0.1, -0.05) is 91.0 Å². The van der Waals surface area contributed by atoms with Crippen LogP contribution in [0.2, 0.25) is 0 Å². The van der Waals surface area contributed by atoms with E-state index < -0.39 is 4.92 Å². The Hall–Kier alpha value is -4.71. The maximum Gasteiger partial charge on any atom is 0.269 e. The quantitative estimate of drug-likeness (QED) is 0.160. The lowest BCUT2D eigenvalue weighted by atomic mass is 9.87. The molecule has 1 amide bonds. The number of nitro benzene ring substituents is 1. The average molecular weight is 504 g/mol. The summed E-state index contributed by atoms with van der Waals surface area (Å²) >= 11 is 0. The van der Waals surface area contributed by atoms with E-state index in [2.05, 4.69) is 34.6 Å². The summed E-state index contributed by atoms with van der Waals surface area (Å²) in [4.78, 5) is 27.6. The number of hydrogen-bond donors (Lipinski definition) is 2. The molecule has 0 radical (unpaired) electrons. The summed E-state index contributed by atoms with van der Waals surface area (Å²) in [5.74, 6) is -0.254. The summed E-state index contributed by atoms with van der Waals surface area (Å²) in [5.41, 5.74) is 5.09. The number of nitrogens with zero attached hydrogens (tertiary/aromatic N) is 1. The summed E-state index contributed by atoms with van der Waals surface area (Å²) in [6, 6.07) is 35.1. The monoisotopic (exact) mass is 503 g/mol. The van der Waals surface area contributed by atoms with Crippen molar-refractivity contribution in [2.45, 2.75) is 24.7 Å². The Kier molecular flexibility index (Phi) is 7.59.